The lowest BCUT2D eigenvalue weighted by Crippen LogP contribution is -2.32. The minimum Gasteiger partial charge on any atom is -0.339 e. The second-order valence-corrected chi connectivity index (χ2v) is 9.77. The fourth-order valence-electron chi connectivity index (χ4n) is 3.80. The molecule has 6 heteroatoms. The van der Waals surface area contributed by atoms with Crippen molar-refractivity contribution in [2.75, 3.05) is 17.8 Å². The van der Waals surface area contributed by atoms with Gasteiger partial charge in [0, 0.05) is 18.7 Å². The topological polar surface area (TPSA) is 66.5 Å². The van der Waals surface area contributed by atoms with Crippen LogP contribution in [-0.2, 0) is 10.0 Å². The molecule has 1 aliphatic rings. The summed E-state index contributed by atoms with van der Waals surface area (Å²) in [6, 6.07) is 8.96. The van der Waals surface area contributed by atoms with Gasteiger partial charge in [0.2, 0.25) is 0 Å². The summed E-state index contributed by atoms with van der Waals surface area (Å²) in [6.07, 6.45) is 2.36. The van der Waals surface area contributed by atoms with Crippen molar-refractivity contribution in [1.82, 2.24) is 4.90 Å². The van der Waals surface area contributed by atoms with E-state index in [0.717, 1.165) is 17.7 Å². The molecule has 1 N–H and O–H groups in total. The summed E-state index contributed by atoms with van der Waals surface area (Å²) in [5.41, 5.74) is 4.17. The van der Waals surface area contributed by atoms with E-state index in [-0.39, 0.29) is 5.91 Å². The summed E-state index contributed by atoms with van der Waals surface area (Å²) in [5, 5.41) is 0. The molecule has 156 valence electrons. The molecule has 0 aliphatic heterocycles. The zero-order valence-corrected chi connectivity index (χ0v) is 18.7. The minimum absolute atomic E-state index is 0.0532. The Hall–Kier alpha value is -2.34. The first-order chi connectivity index (χ1) is 13.6. The van der Waals surface area contributed by atoms with Gasteiger partial charge in [0.25, 0.3) is 15.9 Å². The molecule has 1 aliphatic carbocycles. The molecule has 0 saturated heterocycles. The van der Waals surface area contributed by atoms with E-state index in [2.05, 4.69) is 4.72 Å². The predicted octanol–water partition coefficient (Wildman–Crippen LogP) is 4.59. The van der Waals surface area contributed by atoms with E-state index in [9.17, 15) is 13.2 Å². The third-order valence-electron chi connectivity index (χ3n) is 5.45. The second-order valence-electron chi connectivity index (χ2n) is 8.15. The first-order valence-electron chi connectivity index (χ1n) is 10.1. The van der Waals surface area contributed by atoms with Gasteiger partial charge in [-0.3, -0.25) is 9.52 Å². The normalized spacial score (nSPS) is 14.0. The van der Waals surface area contributed by atoms with Crippen molar-refractivity contribution in [2.45, 2.75) is 52.4 Å². The molecule has 0 spiro atoms. The zero-order chi connectivity index (χ0) is 21.3. The summed E-state index contributed by atoms with van der Waals surface area (Å²) in [4.78, 5) is 15.1. The highest BCUT2D eigenvalue weighted by molar-refractivity contribution is 7.92. The fraction of sp³-hybridized carbons (Fsp3) is 0.435. The molecule has 3 rings (SSSR count). The number of hydrogen-bond acceptors (Lipinski definition) is 3. The number of hydrogen-bond donors (Lipinski definition) is 1. The lowest BCUT2D eigenvalue weighted by molar-refractivity contribution is 0.0757. The Morgan fingerprint density at radius 2 is 1.66 bits per heavy atom. The Morgan fingerprint density at radius 1 is 1.03 bits per heavy atom. The van der Waals surface area contributed by atoms with Crippen molar-refractivity contribution >= 4 is 21.6 Å². The van der Waals surface area contributed by atoms with E-state index < -0.39 is 10.0 Å². The first-order valence-corrected chi connectivity index (χ1v) is 11.6. The summed E-state index contributed by atoms with van der Waals surface area (Å²) >= 11 is 0. The molecule has 1 saturated carbocycles. The number of aryl methyl sites for hydroxylation is 4. The number of anilines is 1. The SMILES string of the molecule is CCN(CC1CC1)C(=O)c1ccc(C)c(NS(=O)(=O)c2c(C)cc(C)cc2C)c1. The van der Waals surface area contributed by atoms with Gasteiger partial charge in [0.1, 0.15) is 0 Å². The summed E-state index contributed by atoms with van der Waals surface area (Å²) in [5.74, 6) is 0.553. The van der Waals surface area contributed by atoms with Gasteiger partial charge in [-0.1, -0.05) is 23.8 Å². The summed E-state index contributed by atoms with van der Waals surface area (Å²) < 4.78 is 29.0. The lowest BCUT2D eigenvalue weighted by atomic mass is 10.1. The smallest absolute Gasteiger partial charge is 0.262 e. The number of carbonyl (C=O) groups excluding carboxylic acids is 1. The van der Waals surface area contributed by atoms with Crippen LogP contribution in [0.2, 0.25) is 0 Å². The van der Waals surface area contributed by atoms with Crippen LogP contribution in [0.15, 0.2) is 35.2 Å². The third kappa shape index (κ3) is 4.81. The number of nitrogens with zero attached hydrogens (tertiary/aromatic N) is 1. The average molecular weight is 415 g/mol. The van der Waals surface area contributed by atoms with Gasteiger partial charge in [-0.25, -0.2) is 8.42 Å². The molecule has 29 heavy (non-hydrogen) atoms. The van der Waals surface area contributed by atoms with Crippen LogP contribution < -0.4 is 4.72 Å². The maximum Gasteiger partial charge on any atom is 0.262 e. The monoisotopic (exact) mass is 414 g/mol. The van der Waals surface area contributed by atoms with Crippen molar-refractivity contribution in [3.63, 3.8) is 0 Å². The summed E-state index contributed by atoms with van der Waals surface area (Å²) in [6.45, 7) is 10.8. The molecule has 0 heterocycles. The largest absolute Gasteiger partial charge is 0.339 e. The van der Waals surface area contributed by atoms with Gasteiger partial charge >= 0.3 is 0 Å². The molecule has 2 aromatic rings. The van der Waals surface area contributed by atoms with E-state index in [1.807, 2.05) is 37.8 Å². The van der Waals surface area contributed by atoms with Crippen LogP contribution in [0.25, 0.3) is 0 Å². The van der Waals surface area contributed by atoms with Crippen LogP contribution >= 0.6 is 0 Å². The Kier molecular flexibility index (Phi) is 6.03. The molecule has 0 aromatic heterocycles. The molecule has 5 nitrogen and oxygen atoms in total. The van der Waals surface area contributed by atoms with Crippen molar-refractivity contribution in [1.29, 1.82) is 0 Å². The maximum atomic E-state index is 13.1. The van der Waals surface area contributed by atoms with Crippen LogP contribution in [-0.4, -0.2) is 32.3 Å². The first kappa shape index (κ1) is 21.4. The molecule has 1 fully saturated rings. The number of benzene rings is 2. The Bertz CT molecular complexity index is 1020. The van der Waals surface area contributed by atoms with E-state index in [1.54, 1.807) is 32.0 Å². The number of carbonyl (C=O) groups is 1. The standard InChI is InChI=1S/C23H30N2O3S/c1-6-25(14-19-8-9-19)23(26)20-10-7-16(3)21(13-20)24-29(27,28)22-17(4)11-15(2)12-18(22)5/h7,10-13,19,24H,6,8-9,14H2,1-5H3. The molecule has 2 aromatic carbocycles. The summed E-state index contributed by atoms with van der Waals surface area (Å²) in [7, 11) is -3.77. The second kappa shape index (κ2) is 8.19. The van der Waals surface area contributed by atoms with Gasteiger partial charge in [0.05, 0.1) is 10.6 Å². The highest BCUT2D eigenvalue weighted by Gasteiger charge is 2.27. The maximum absolute atomic E-state index is 13.1. The van der Waals surface area contributed by atoms with E-state index in [0.29, 0.717) is 39.7 Å². The van der Waals surface area contributed by atoms with Crippen molar-refractivity contribution in [3.05, 3.63) is 58.1 Å². The van der Waals surface area contributed by atoms with Gasteiger partial charge in [-0.05, 0) is 82.2 Å². The van der Waals surface area contributed by atoms with Crippen LogP contribution in [0.1, 0.15) is 52.4 Å². The van der Waals surface area contributed by atoms with Crippen LogP contribution in [0, 0.1) is 33.6 Å². The van der Waals surface area contributed by atoms with Crippen molar-refractivity contribution < 1.29 is 13.2 Å². The zero-order valence-electron chi connectivity index (χ0n) is 17.9. The van der Waals surface area contributed by atoms with Gasteiger partial charge in [-0.15, -0.1) is 0 Å². The Morgan fingerprint density at radius 3 is 2.21 bits per heavy atom. The molecular weight excluding hydrogens is 384 g/mol. The van der Waals surface area contributed by atoms with Crippen LogP contribution in [0.3, 0.4) is 0 Å². The quantitative estimate of drug-likeness (QED) is 0.720. The lowest BCUT2D eigenvalue weighted by Gasteiger charge is -2.21. The molecule has 0 atom stereocenters. The number of rotatable bonds is 7. The van der Waals surface area contributed by atoms with E-state index in [1.165, 1.54) is 12.8 Å². The molecule has 0 radical (unpaired) electrons. The molecule has 0 bridgehead atoms. The van der Waals surface area contributed by atoms with Crippen LogP contribution in [0.5, 0.6) is 0 Å². The van der Waals surface area contributed by atoms with E-state index >= 15 is 0 Å². The van der Waals surface area contributed by atoms with Crippen LogP contribution in [0.4, 0.5) is 5.69 Å². The highest BCUT2D eigenvalue weighted by Crippen LogP contribution is 2.31. The molecule has 1 amide bonds. The molecule has 0 unspecified atom stereocenters. The number of sulfonamides is 1. The Labute approximate surface area is 174 Å². The highest BCUT2D eigenvalue weighted by atomic mass is 32.2. The Balaban J connectivity index is 1.91. The van der Waals surface area contributed by atoms with Gasteiger partial charge in [0.15, 0.2) is 0 Å². The molecular formula is C23H30N2O3S. The fourth-order valence-corrected chi connectivity index (χ4v) is 5.38. The number of amides is 1. The van der Waals surface area contributed by atoms with E-state index in [4.69, 9.17) is 0 Å². The third-order valence-corrected chi connectivity index (χ3v) is 7.12. The van der Waals surface area contributed by atoms with Gasteiger partial charge < -0.3 is 4.90 Å². The number of nitrogens with one attached hydrogen (secondary N) is 1. The van der Waals surface area contributed by atoms with Crippen molar-refractivity contribution in [3.8, 4) is 0 Å². The van der Waals surface area contributed by atoms with Gasteiger partial charge in [-0.2, -0.15) is 0 Å². The predicted molar refractivity (Wildman–Crippen MR) is 117 cm³/mol. The van der Waals surface area contributed by atoms with Crippen molar-refractivity contribution in [2.24, 2.45) is 5.92 Å². The average Bonchev–Trinajstić information content (AvgIpc) is 3.43. The minimum atomic E-state index is -3.77.